The number of imidazole rings is 1. The molecule has 8 nitrogen and oxygen atoms in total. The second-order valence-corrected chi connectivity index (χ2v) is 5.23. The first kappa shape index (κ1) is 15.2. The zero-order valence-electron chi connectivity index (χ0n) is 12.4. The molecule has 1 aromatic heterocycles. The first-order valence-electron chi connectivity index (χ1n) is 7.12. The largest absolute Gasteiger partial charge is 0.395 e. The molecule has 23 heavy (non-hydrogen) atoms. The van der Waals surface area contributed by atoms with Crippen molar-refractivity contribution in [2.75, 3.05) is 18.5 Å². The minimum absolute atomic E-state index is 0.0311. The number of rotatable bonds is 5. The molecule has 0 radical (unpaired) electrons. The summed E-state index contributed by atoms with van der Waals surface area (Å²) in [5.74, 6) is -0.471. The number of nitrogens with zero attached hydrogens (tertiary/aromatic N) is 2. The number of amides is 2. The molecule has 2 heterocycles. The lowest BCUT2D eigenvalue weighted by atomic mass is 10.2. The third-order valence-electron chi connectivity index (χ3n) is 3.51. The molecule has 120 valence electrons. The number of aromatic nitrogens is 2. The van der Waals surface area contributed by atoms with Crippen LogP contribution >= 0.6 is 0 Å². The number of H-pyrrole nitrogens is 1. The van der Waals surface area contributed by atoms with Crippen molar-refractivity contribution >= 4 is 28.5 Å². The van der Waals surface area contributed by atoms with E-state index in [4.69, 9.17) is 5.11 Å². The summed E-state index contributed by atoms with van der Waals surface area (Å²) in [5, 5.41) is 21.3. The SMILES string of the molecule is CC(O)c1nc2ccc(NC3=CC(=O)N(CCO)C3=O)cc2[nH]1. The van der Waals surface area contributed by atoms with Gasteiger partial charge in [-0.25, -0.2) is 4.98 Å². The van der Waals surface area contributed by atoms with Gasteiger partial charge in [-0.05, 0) is 25.1 Å². The van der Waals surface area contributed by atoms with Crippen LogP contribution in [0.15, 0.2) is 30.0 Å². The number of aliphatic hydroxyl groups is 2. The van der Waals surface area contributed by atoms with E-state index < -0.39 is 17.9 Å². The third-order valence-corrected chi connectivity index (χ3v) is 3.51. The van der Waals surface area contributed by atoms with E-state index in [-0.39, 0.29) is 18.8 Å². The lowest BCUT2D eigenvalue weighted by molar-refractivity contribution is -0.137. The van der Waals surface area contributed by atoms with Gasteiger partial charge in [-0.2, -0.15) is 0 Å². The van der Waals surface area contributed by atoms with Crippen molar-refractivity contribution in [3.05, 3.63) is 35.8 Å². The number of aliphatic hydroxyl groups excluding tert-OH is 2. The molecule has 3 rings (SSSR count). The van der Waals surface area contributed by atoms with Crippen LogP contribution in [-0.4, -0.2) is 50.0 Å². The first-order valence-corrected chi connectivity index (χ1v) is 7.12. The van der Waals surface area contributed by atoms with Gasteiger partial charge in [0.25, 0.3) is 11.8 Å². The van der Waals surface area contributed by atoms with Crippen molar-refractivity contribution in [2.45, 2.75) is 13.0 Å². The van der Waals surface area contributed by atoms with Crippen LogP contribution in [0.1, 0.15) is 18.9 Å². The highest BCUT2D eigenvalue weighted by molar-refractivity contribution is 6.17. The smallest absolute Gasteiger partial charge is 0.277 e. The minimum atomic E-state index is -0.706. The number of hydrogen-bond donors (Lipinski definition) is 4. The number of carbonyl (C=O) groups is 2. The maximum absolute atomic E-state index is 12.1. The van der Waals surface area contributed by atoms with Crippen LogP contribution in [0.5, 0.6) is 0 Å². The molecule has 1 aromatic carbocycles. The van der Waals surface area contributed by atoms with E-state index in [1.54, 1.807) is 25.1 Å². The van der Waals surface area contributed by atoms with Crippen LogP contribution in [-0.2, 0) is 9.59 Å². The van der Waals surface area contributed by atoms with E-state index in [2.05, 4.69) is 15.3 Å². The number of β-amino-alcohol motifs (C(OH)–C–C–N with tert-alkyl or cyclic N) is 1. The highest BCUT2D eigenvalue weighted by Crippen LogP contribution is 2.22. The molecule has 1 atom stereocenters. The van der Waals surface area contributed by atoms with Gasteiger partial charge in [0.15, 0.2) is 0 Å². The minimum Gasteiger partial charge on any atom is -0.395 e. The number of aromatic amines is 1. The van der Waals surface area contributed by atoms with Crippen LogP contribution in [0, 0.1) is 0 Å². The molecule has 0 saturated heterocycles. The molecule has 0 aliphatic carbocycles. The van der Waals surface area contributed by atoms with E-state index in [1.165, 1.54) is 6.08 Å². The molecule has 1 aliphatic rings. The summed E-state index contributed by atoms with van der Waals surface area (Å²) in [6.45, 7) is 1.30. The van der Waals surface area contributed by atoms with Crippen LogP contribution in [0.2, 0.25) is 0 Å². The predicted molar refractivity (Wildman–Crippen MR) is 82.2 cm³/mol. The molecule has 4 N–H and O–H groups in total. The Kier molecular flexibility index (Phi) is 3.85. The molecule has 2 aromatic rings. The Morgan fingerprint density at radius 1 is 1.39 bits per heavy atom. The van der Waals surface area contributed by atoms with E-state index in [1.807, 2.05) is 0 Å². The Labute approximate surface area is 131 Å². The van der Waals surface area contributed by atoms with E-state index in [9.17, 15) is 14.7 Å². The average Bonchev–Trinajstić information content (AvgIpc) is 3.04. The Bertz CT molecular complexity index is 809. The molecule has 1 aliphatic heterocycles. The lowest BCUT2D eigenvalue weighted by Crippen LogP contribution is -2.34. The Balaban J connectivity index is 1.83. The van der Waals surface area contributed by atoms with E-state index >= 15 is 0 Å². The molecule has 0 spiro atoms. The topological polar surface area (TPSA) is 119 Å². The summed E-state index contributed by atoms with van der Waals surface area (Å²) in [6, 6.07) is 5.21. The average molecular weight is 316 g/mol. The molecule has 0 fully saturated rings. The summed E-state index contributed by atoms with van der Waals surface area (Å²) in [5.41, 5.74) is 2.15. The van der Waals surface area contributed by atoms with Gasteiger partial charge in [-0.3, -0.25) is 14.5 Å². The maximum atomic E-state index is 12.1. The van der Waals surface area contributed by atoms with Crippen molar-refractivity contribution in [2.24, 2.45) is 0 Å². The molecule has 0 bridgehead atoms. The van der Waals surface area contributed by atoms with Crippen LogP contribution < -0.4 is 5.32 Å². The van der Waals surface area contributed by atoms with Crippen molar-refractivity contribution in [1.29, 1.82) is 0 Å². The quantitative estimate of drug-likeness (QED) is 0.588. The number of fused-ring (bicyclic) bond motifs is 1. The molecular formula is C15H16N4O4. The fourth-order valence-corrected chi connectivity index (χ4v) is 2.37. The van der Waals surface area contributed by atoms with Gasteiger partial charge in [-0.15, -0.1) is 0 Å². The second kappa shape index (κ2) is 5.82. The predicted octanol–water partition coefficient (Wildman–Crippen LogP) is 0.273. The second-order valence-electron chi connectivity index (χ2n) is 5.23. The summed E-state index contributed by atoms with van der Waals surface area (Å²) >= 11 is 0. The van der Waals surface area contributed by atoms with Crippen LogP contribution in [0.25, 0.3) is 11.0 Å². The van der Waals surface area contributed by atoms with Gasteiger partial charge in [0, 0.05) is 11.8 Å². The molecule has 1 unspecified atom stereocenters. The fourth-order valence-electron chi connectivity index (χ4n) is 2.37. The number of benzene rings is 1. The fraction of sp³-hybridized carbons (Fsp3) is 0.267. The van der Waals surface area contributed by atoms with Crippen molar-refractivity contribution in [1.82, 2.24) is 14.9 Å². The lowest BCUT2D eigenvalue weighted by Gasteiger charge is -2.13. The van der Waals surface area contributed by atoms with Crippen molar-refractivity contribution in [3.8, 4) is 0 Å². The normalized spacial score (nSPS) is 16.1. The van der Waals surface area contributed by atoms with Crippen molar-refractivity contribution < 1.29 is 19.8 Å². The monoisotopic (exact) mass is 316 g/mol. The highest BCUT2D eigenvalue weighted by Gasteiger charge is 2.30. The molecule has 2 amide bonds. The van der Waals surface area contributed by atoms with Gasteiger partial charge in [0.05, 0.1) is 24.2 Å². The number of carbonyl (C=O) groups excluding carboxylic acids is 2. The molecular weight excluding hydrogens is 300 g/mol. The Morgan fingerprint density at radius 3 is 2.87 bits per heavy atom. The van der Waals surface area contributed by atoms with Gasteiger partial charge in [0.1, 0.15) is 17.6 Å². The third kappa shape index (κ3) is 2.81. The van der Waals surface area contributed by atoms with E-state index in [0.717, 1.165) is 4.90 Å². The molecule has 0 saturated carbocycles. The van der Waals surface area contributed by atoms with Gasteiger partial charge in [0.2, 0.25) is 0 Å². The van der Waals surface area contributed by atoms with Gasteiger partial charge >= 0.3 is 0 Å². The van der Waals surface area contributed by atoms with Gasteiger partial charge in [-0.1, -0.05) is 0 Å². The standard InChI is InChI=1S/C15H16N4O4/c1-8(21)14-17-10-3-2-9(6-11(10)18-14)16-12-7-13(22)19(4-5-20)15(12)23/h2-3,6-8,16,20-21H,4-5H2,1H3,(H,17,18). The van der Waals surface area contributed by atoms with Crippen molar-refractivity contribution in [3.63, 3.8) is 0 Å². The summed E-state index contributed by atoms with van der Waals surface area (Å²) in [6.07, 6.45) is 0.499. The Morgan fingerprint density at radius 2 is 2.17 bits per heavy atom. The zero-order chi connectivity index (χ0) is 16.6. The number of hydrogen-bond acceptors (Lipinski definition) is 6. The molecule has 8 heteroatoms. The number of nitrogens with one attached hydrogen (secondary N) is 2. The number of anilines is 1. The van der Waals surface area contributed by atoms with Gasteiger partial charge < -0.3 is 20.5 Å². The van der Waals surface area contributed by atoms with E-state index in [0.29, 0.717) is 22.5 Å². The first-order chi connectivity index (χ1) is 11.0. The van der Waals surface area contributed by atoms with Crippen LogP contribution in [0.4, 0.5) is 5.69 Å². The zero-order valence-corrected chi connectivity index (χ0v) is 12.4. The maximum Gasteiger partial charge on any atom is 0.277 e. The summed E-state index contributed by atoms with van der Waals surface area (Å²) < 4.78 is 0. The summed E-state index contributed by atoms with van der Waals surface area (Å²) in [7, 11) is 0. The van der Waals surface area contributed by atoms with Crippen LogP contribution in [0.3, 0.4) is 0 Å². The Hall–Kier alpha value is -2.71. The summed E-state index contributed by atoms with van der Waals surface area (Å²) in [4.78, 5) is 32.0. The highest BCUT2D eigenvalue weighted by atomic mass is 16.3. The number of imide groups is 1.